The van der Waals surface area contributed by atoms with Gasteiger partial charge in [-0.1, -0.05) is 18.2 Å². The average Bonchev–Trinajstić information content (AvgIpc) is 3.52. The van der Waals surface area contributed by atoms with Gasteiger partial charge in [-0.2, -0.15) is 0 Å². The van der Waals surface area contributed by atoms with Gasteiger partial charge in [0.2, 0.25) is 5.91 Å². The van der Waals surface area contributed by atoms with E-state index in [-0.39, 0.29) is 11.5 Å². The number of fused-ring (bicyclic) bond motifs is 1. The van der Waals surface area contributed by atoms with Crippen molar-refractivity contribution in [2.24, 2.45) is 5.92 Å². The Labute approximate surface area is 169 Å². The van der Waals surface area contributed by atoms with Gasteiger partial charge in [0.15, 0.2) is 0 Å². The molecule has 0 spiro atoms. The third-order valence-corrected chi connectivity index (χ3v) is 6.33. The molecule has 1 aromatic carbocycles. The van der Waals surface area contributed by atoms with Crippen molar-refractivity contribution >= 4 is 16.8 Å². The monoisotopic (exact) mass is 390 g/mol. The fourth-order valence-electron chi connectivity index (χ4n) is 4.38. The molecule has 1 saturated heterocycles. The number of benzene rings is 1. The first kappa shape index (κ1) is 18.2. The first-order chi connectivity index (χ1) is 14.2. The zero-order valence-electron chi connectivity index (χ0n) is 16.5. The van der Waals surface area contributed by atoms with Gasteiger partial charge in [0, 0.05) is 48.7 Å². The number of hydrogen-bond acceptors (Lipinski definition) is 3. The highest BCUT2D eigenvalue weighted by Gasteiger charge is 2.26. The number of aromatic amines is 1. The summed E-state index contributed by atoms with van der Waals surface area (Å²) in [6.45, 7) is 2.21. The smallest absolute Gasteiger partial charge is 0.253 e. The number of para-hydroxylation sites is 1. The zero-order chi connectivity index (χ0) is 19.8. The minimum absolute atomic E-state index is 0.0553. The van der Waals surface area contributed by atoms with Crippen LogP contribution in [0, 0.1) is 5.92 Å². The summed E-state index contributed by atoms with van der Waals surface area (Å²) in [5.74, 6) is 1.10. The van der Waals surface area contributed by atoms with Gasteiger partial charge in [-0.15, -0.1) is 0 Å². The van der Waals surface area contributed by atoms with Crippen LogP contribution in [0.15, 0.2) is 47.7 Å². The van der Waals surface area contributed by atoms with Gasteiger partial charge < -0.3 is 9.88 Å². The summed E-state index contributed by atoms with van der Waals surface area (Å²) in [5, 5.41) is 1.12. The summed E-state index contributed by atoms with van der Waals surface area (Å²) in [4.78, 5) is 34.8. The molecule has 1 aliphatic heterocycles. The van der Waals surface area contributed by atoms with Crippen LogP contribution < -0.4 is 5.56 Å². The van der Waals surface area contributed by atoms with Crippen LogP contribution in [-0.2, 0) is 17.8 Å². The molecule has 0 unspecified atom stereocenters. The van der Waals surface area contributed by atoms with Crippen molar-refractivity contribution in [2.75, 3.05) is 13.1 Å². The number of carbonyl (C=O) groups is 1. The topological polar surface area (TPSA) is 71.0 Å². The molecule has 29 heavy (non-hydrogen) atoms. The highest BCUT2D eigenvalue weighted by atomic mass is 16.2. The molecule has 6 nitrogen and oxygen atoms in total. The number of amides is 1. The van der Waals surface area contributed by atoms with Crippen molar-refractivity contribution in [3.8, 4) is 0 Å². The molecule has 150 valence electrons. The Morgan fingerprint density at radius 1 is 1.14 bits per heavy atom. The molecule has 3 aromatic rings. The Bertz CT molecular complexity index is 1090. The van der Waals surface area contributed by atoms with Crippen molar-refractivity contribution in [1.82, 2.24) is 19.4 Å². The van der Waals surface area contributed by atoms with Crippen molar-refractivity contribution in [2.45, 2.75) is 44.6 Å². The molecule has 1 N–H and O–H groups in total. The number of H-pyrrole nitrogens is 1. The van der Waals surface area contributed by atoms with Gasteiger partial charge in [-0.25, -0.2) is 4.98 Å². The Morgan fingerprint density at radius 2 is 1.93 bits per heavy atom. The van der Waals surface area contributed by atoms with Gasteiger partial charge in [0.1, 0.15) is 0 Å². The predicted octanol–water partition coefficient (Wildman–Crippen LogP) is 3.08. The number of likely N-dealkylation sites (tertiary alicyclic amines) is 1. The number of piperidine rings is 1. The molecule has 0 radical (unpaired) electrons. The Kier molecular flexibility index (Phi) is 4.70. The van der Waals surface area contributed by atoms with E-state index in [2.05, 4.69) is 16.0 Å². The van der Waals surface area contributed by atoms with Crippen LogP contribution in [0.25, 0.3) is 10.9 Å². The lowest BCUT2D eigenvalue weighted by atomic mass is 9.96. The normalized spacial score (nSPS) is 17.7. The van der Waals surface area contributed by atoms with Crippen molar-refractivity contribution in [3.05, 3.63) is 64.5 Å². The molecule has 0 bridgehead atoms. The highest BCUT2D eigenvalue weighted by molar-refractivity contribution is 5.88. The largest absolute Gasteiger partial charge is 0.361 e. The molecule has 6 heteroatoms. The molecule has 1 saturated carbocycles. The van der Waals surface area contributed by atoms with E-state index in [1.165, 1.54) is 0 Å². The fraction of sp³-hybridized carbons (Fsp3) is 0.435. The van der Waals surface area contributed by atoms with Crippen LogP contribution in [0.3, 0.4) is 0 Å². The average molecular weight is 390 g/mol. The molecule has 1 aliphatic carbocycles. The number of aromatic nitrogens is 3. The second-order valence-electron chi connectivity index (χ2n) is 8.44. The van der Waals surface area contributed by atoms with E-state index >= 15 is 0 Å². The summed E-state index contributed by atoms with van der Waals surface area (Å²) in [6, 6.07) is 9.79. The van der Waals surface area contributed by atoms with E-state index in [0.717, 1.165) is 60.9 Å². The van der Waals surface area contributed by atoms with Crippen LogP contribution in [0.2, 0.25) is 0 Å². The minimum Gasteiger partial charge on any atom is -0.361 e. The van der Waals surface area contributed by atoms with Gasteiger partial charge in [-0.3, -0.25) is 14.2 Å². The number of carbonyl (C=O) groups excluding carboxylic acids is 1. The SMILES string of the molecule is O=C(Cc1c[nH]c2ccccc12)N1CCC(Cn2cnc(C3CC3)cc2=O)CC1. The minimum atomic E-state index is 0.0553. The summed E-state index contributed by atoms with van der Waals surface area (Å²) in [7, 11) is 0. The van der Waals surface area contributed by atoms with E-state index < -0.39 is 0 Å². The molecular formula is C23H26N4O2. The second-order valence-corrected chi connectivity index (χ2v) is 8.44. The zero-order valence-corrected chi connectivity index (χ0v) is 16.5. The van der Waals surface area contributed by atoms with Crippen LogP contribution in [0.1, 0.15) is 42.9 Å². The lowest BCUT2D eigenvalue weighted by Gasteiger charge is -2.32. The molecule has 1 amide bonds. The molecule has 0 atom stereocenters. The molecule has 2 aliphatic rings. The van der Waals surface area contributed by atoms with Crippen LogP contribution >= 0.6 is 0 Å². The number of nitrogens with zero attached hydrogens (tertiary/aromatic N) is 3. The second kappa shape index (κ2) is 7.50. The van der Waals surface area contributed by atoms with Crippen molar-refractivity contribution in [1.29, 1.82) is 0 Å². The summed E-state index contributed by atoms with van der Waals surface area (Å²) < 4.78 is 1.74. The molecule has 3 heterocycles. The van der Waals surface area contributed by atoms with Gasteiger partial charge in [0.05, 0.1) is 18.4 Å². The van der Waals surface area contributed by atoms with Crippen molar-refractivity contribution < 1.29 is 4.79 Å². The standard InChI is InChI=1S/C23H26N4O2/c28-22(11-18-13-24-20-4-2-1-3-19(18)20)26-9-7-16(8-10-26)14-27-15-25-21(12-23(27)29)17-5-6-17/h1-4,12-13,15-17,24H,5-11,14H2. The van der Waals surface area contributed by atoms with Gasteiger partial charge >= 0.3 is 0 Å². The quantitative estimate of drug-likeness (QED) is 0.728. The fourth-order valence-corrected chi connectivity index (χ4v) is 4.38. The number of nitrogens with one attached hydrogen (secondary N) is 1. The summed E-state index contributed by atoms with van der Waals surface area (Å²) >= 11 is 0. The first-order valence-corrected chi connectivity index (χ1v) is 10.6. The van der Waals surface area contributed by atoms with Crippen LogP contribution in [0.4, 0.5) is 0 Å². The summed E-state index contributed by atoms with van der Waals surface area (Å²) in [5.41, 5.74) is 3.13. The Balaban J connectivity index is 1.17. The van der Waals surface area contributed by atoms with Gasteiger partial charge in [0.25, 0.3) is 5.56 Å². The third-order valence-electron chi connectivity index (χ3n) is 6.33. The van der Waals surface area contributed by atoms with E-state index in [1.807, 2.05) is 29.3 Å². The van der Waals surface area contributed by atoms with Crippen LogP contribution in [0.5, 0.6) is 0 Å². The maximum Gasteiger partial charge on any atom is 0.253 e. The third kappa shape index (κ3) is 3.84. The maximum atomic E-state index is 12.8. The Morgan fingerprint density at radius 3 is 2.69 bits per heavy atom. The van der Waals surface area contributed by atoms with Gasteiger partial charge in [-0.05, 0) is 43.2 Å². The summed E-state index contributed by atoms with van der Waals surface area (Å²) in [6.07, 6.45) is 8.25. The molecular weight excluding hydrogens is 364 g/mol. The van der Waals surface area contributed by atoms with E-state index in [4.69, 9.17) is 0 Å². The van der Waals surface area contributed by atoms with Crippen molar-refractivity contribution in [3.63, 3.8) is 0 Å². The lowest BCUT2D eigenvalue weighted by molar-refractivity contribution is -0.131. The number of rotatable bonds is 5. The van der Waals surface area contributed by atoms with Crippen LogP contribution in [-0.4, -0.2) is 38.4 Å². The highest BCUT2D eigenvalue weighted by Crippen LogP contribution is 2.38. The lowest BCUT2D eigenvalue weighted by Crippen LogP contribution is -2.40. The Hall–Kier alpha value is -2.89. The predicted molar refractivity (Wildman–Crippen MR) is 112 cm³/mol. The first-order valence-electron chi connectivity index (χ1n) is 10.6. The molecule has 2 fully saturated rings. The van der Waals surface area contributed by atoms with E-state index in [1.54, 1.807) is 17.0 Å². The molecule has 2 aromatic heterocycles. The van der Waals surface area contributed by atoms with E-state index in [0.29, 0.717) is 24.8 Å². The maximum absolute atomic E-state index is 12.8. The van der Waals surface area contributed by atoms with E-state index in [9.17, 15) is 9.59 Å². The number of hydrogen-bond donors (Lipinski definition) is 1. The molecule has 5 rings (SSSR count).